The van der Waals surface area contributed by atoms with E-state index in [-0.39, 0.29) is 6.61 Å². The Morgan fingerprint density at radius 1 is 0.839 bits per heavy atom. The van der Waals surface area contributed by atoms with Gasteiger partial charge in [0.15, 0.2) is 0 Å². The van der Waals surface area contributed by atoms with E-state index in [0.717, 1.165) is 38.3 Å². The normalized spacial score (nSPS) is 11.8. The van der Waals surface area contributed by atoms with E-state index in [1.165, 1.54) is 7.11 Å². The lowest BCUT2D eigenvalue weighted by Crippen LogP contribution is -2.12. The molecule has 0 saturated carbocycles. The summed E-state index contributed by atoms with van der Waals surface area (Å²) in [5.41, 5.74) is 2.96. The van der Waals surface area contributed by atoms with Crippen molar-refractivity contribution < 1.29 is 18.7 Å². The fourth-order valence-electron chi connectivity index (χ4n) is 3.74. The first-order chi connectivity index (χ1) is 15.2. The van der Waals surface area contributed by atoms with Crippen LogP contribution >= 0.6 is 0 Å². The number of ether oxygens (including phenoxy) is 2. The van der Waals surface area contributed by atoms with Gasteiger partial charge < -0.3 is 13.9 Å². The van der Waals surface area contributed by atoms with Gasteiger partial charge >= 0.3 is 5.97 Å². The van der Waals surface area contributed by atoms with Crippen molar-refractivity contribution >= 4 is 44.8 Å². The molecule has 152 valence electrons. The molecule has 5 aromatic rings. The Balaban J connectivity index is 1.46. The predicted molar refractivity (Wildman–Crippen MR) is 123 cm³/mol. The van der Waals surface area contributed by atoms with Gasteiger partial charge in [0.1, 0.15) is 23.5 Å². The van der Waals surface area contributed by atoms with Crippen LogP contribution in [0.25, 0.3) is 38.8 Å². The van der Waals surface area contributed by atoms with Crippen LogP contribution in [0.15, 0.2) is 94.9 Å². The fourth-order valence-corrected chi connectivity index (χ4v) is 3.74. The molecule has 0 bridgehead atoms. The molecule has 0 fully saturated rings. The SMILES string of the molecule is COC(=O)/C(=C/c1ccc2oc3ccccc3c2c1)COc1ccc2ccccc2c1. The van der Waals surface area contributed by atoms with Crippen molar-refractivity contribution in [2.24, 2.45) is 0 Å². The molecule has 0 unspecified atom stereocenters. The van der Waals surface area contributed by atoms with E-state index in [1.807, 2.05) is 78.9 Å². The summed E-state index contributed by atoms with van der Waals surface area (Å²) in [7, 11) is 1.37. The summed E-state index contributed by atoms with van der Waals surface area (Å²) in [6, 6.07) is 27.7. The summed E-state index contributed by atoms with van der Waals surface area (Å²) in [4.78, 5) is 12.4. The van der Waals surface area contributed by atoms with Crippen molar-refractivity contribution in [3.8, 4) is 5.75 Å². The maximum Gasteiger partial charge on any atom is 0.337 e. The van der Waals surface area contributed by atoms with Crippen LogP contribution < -0.4 is 4.74 Å². The molecule has 0 N–H and O–H groups in total. The maximum atomic E-state index is 12.4. The van der Waals surface area contributed by atoms with Crippen LogP contribution in [-0.2, 0) is 9.53 Å². The molecule has 4 aromatic carbocycles. The maximum absolute atomic E-state index is 12.4. The number of esters is 1. The number of hydrogen-bond acceptors (Lipinski definition) is 4. The van der Waals surface area contributed by atoms with Crippen LogP contribution in [0.5, 0.6) is 5.75 Å². The number of rotatable bonds is 5. The highest BCUT2D eigenvalue weighted by atomic mass is 16.5. The van der Waals surface area contributed by atoms with Gasteiger partial charge in [0.05, 0.1) is 12.7 Å². The van der Waals surface area contributed by atoms with Crippen LogP contribution in [0.3, 0.4) is 0 Å². The Hall–Kier alpha value is -4.05. The molecule has 5 rings (SSSR count). The standard InChI is InChI=1S/C27H20O4/c1-29-27(28)21(17-30-22-12-11-19-6-2-3-7-20(19)16-22)14-18-10-13-26-24(15-18)23-8-4-5-9-25(23)31-26/h2-16H,17H2,1H3/b21-14+. The van der Waals surface area contributed by atoms with Crippen molar-refractivity contribution in [2.45, 2.75) is 0 Å². The van der Waals surface area contributed by atoms with Gasteiger partial charge in [-0.25, -0.2) is 4.79 Å². The van der Waals surface area contributed by atoms with Crippen LogP contribution in [0, 0.1) is 0 Å². The summed E-state index contributed by atoms with van der Waals surface area (Å²) in [5.74, 6) is 0.280. The summed E-state index contributed by atoms with van der Waals surface area (Å²) >= 11 is 0. The number of benzene rings is 4. The average molecular weight is 408 g/mol. The summed E-state index contributed by atoms with van der Waals surface area (Å²) in [6.07, 6.45) is 1.80. The second kappa shape index (κ2) is 8.00. The Morgan fingerprint density at radius 3 is 2.48 bits per heavy atom. The van der Waals surface area contributed by atoms with Crippen molar-refractivity contribution in [3.05, 3.63) is 96.1 Å². The third-order valence-corrected chi connectivity index (χ3v) is 5.30. The third kappa shape index (κ3) is 3.76. The molecule has 1 heterocycles. The van der Waals surface area contributed by atoms with Gasteiger partial charge in [-0.05, 0) is 52.7 Å². The molecule has 31 heavy (non-hydrogen) atoms. The van der Waals surface area contributed by atoms with Crippen molar-refractivity contribution in [2.75, 3.05) is 13.7 Å². The number of carbonyl (C=O) groups excluding carboxylic acids is 1. The number of methoxy groups -OCH3 is 1. The van der Waals surface area contributed by atoms with E-state index in [4.69, 9.17) is 13.9 Å². The number of hydrogen-bond donors (Lipinski definition) is 0. The second-order valence-corrected chi connectivity index (χ2v) is 7.31. The molecular weight excluding hydrogens is 388 g/mol. The Bertz CT molecular complexity index is 1440. The molecule has 0 amide bonds. The van der Waals surface area contributed by atoms with Crippen LogP contribution in [0.4, 0.5) is 0 Å². The smallest absolute Gasteiger partial charge is 0.337 e. The van der Waals surface area contributed by atoms with Gasteiger partial charge in [-0.3, -0.25) is 0 Å². The Morgan fingerprint density at radius 2 is 1.61 bits per heavy atom. The molecule has 0 radical (unpaired) electrons. The lowest BCUT2D eigenvalue weighted by Gasteiger charge is -2.10. The zero-order chi connectivity index (χ0) is 21.2. The van der Waals surface area contributed by atoms with E-state index in [2.05, 4.69) is 6.07 Å². The highest BCUT2D eigenvalue weighted by molar-refractivity contribution is 6.06. The minimum atomic E-state index is -0.419. The molecule has 0 spiro atoms. The lowest BCUT2D eigenvalue weighted by atomic mass is 10.1. The molecule has 0 aliphatic carbocycles. The molecule has 1 aromatic heterocycles. The molecule has 4 heteroatoms. The van der Waals surface area contributed by atoms with Gasteiger partial charge in [0, 0.05) is 10.8 Å². The van der Waals surface area contributed by atoms with E-state index < -0.39 is 5.97 Å². The number of carbonyl (C=O) groups is 1. The average Bonchev–Trinajstić information content (AvgIpc) is 3.19. The molecule has 0 aliphatic heterocycles. The molecular formula is C27H20O4. The lowest BCUT2D eigenvalue weighted by molar-refractivity contribution is -0.136. The Kier molecular flexibility index (Phi) is 4.89. The number of fused-ring (bicyclic) bond motifs is 4. The van der Waals surface area contributed by atoms with Crippen LogP contribution in [0.2, 0.25) is 0 Å². The molecule has 4 nitrogen and oxygen atoms in total. The zero-order valence-corrected chi connectivity index (χ0v) is 17.0. The minimum Gasteiger partial charge on any atom is -0.489 e. The van der Waals surface area contributed by atoms with Gasteiger partial charge in [-0.2, -0.15) is 0 Å². The van der Waals surface area contributed by atoms with Crippen LogP contribution in [0.1, 0.15) is 5.56 Å². The number of para-hydroxylation sites is 1. The first-order valence-electron chi connectivity index (χ1n) is 10.0. The van der Waals surface area contributed by atoms with Gasteiger partial charge in [0.25, 0.3) is 0 Å². The van der Waals surface area contributed by atoms with Crippen molar-refractivity contribution in [1.82, 2.24) is 0 Å². The highest BCUT2D eigenvalue weighted by Crippen LogP contribution is 2.30. The van der Waals surface area contributed by atoms with Gasteiger partial charge in [-0.15, -0.1) is 0 Å². The highest BCUT2D eigenvalue weighted by Gasteiger charge is 2.13. The quantitative estimate of drug-likeness (QED) is 0.250. The monoisotopic (exact) mass is 408 g/mol. The van der Waals surface area contributed by atoms with E-state index in [0.29, 0.717) is 11.3 Å². The van der Waals surface area contributed by atoms with Crippen molar-refractivity contribution in [1.29, 1.82) is 0 Å². The third-order valence-electron chi connectivity index (χ3n) is 5.30. The van der Waals surface area contributed by atoms with Gasteiger partial charge in [0.2, 0.25) is 0 Å². The molecule has 0 atom stereocenters. The first kappa shape index (κ1) is 18.9. The first-order valence-corrected chi connectivity index (χ1v) is 10.0. The largest absolute Gasteiger partial charge is 0.489 e. The zero-order valence-electron chi connectivity index (χ0n) is 17.0. The fraction of sp³-hybridized carbons (Fsp3) is 0.0741. The molecule has 0 saturated heterocycles. The second-order valence-electron chi connectivity index (χ2n) is 7.31. The summed E-state index contributed by atoms with van der Waals surface area (Å²) < 4.78 is 16.8. The predicted octanol–water partition coefficient (Wildman–Crippen LogP) is 6.37. The minimum absolute atomic E-state index is 0.106. The van der Waals surface area contributed by atoms with E-state index in [1.54, 1.807) is 6.08 Å². The summed E-state index contributed by atoms with van der Waals surface area (Å²) in [5, 5.41) is 4.27. The van der Waals surface area contributed by atoms with Crippen molar-refractivity contribution in [3.63, 3.8) is 0 Å². The van der Waals surface area contributed by atoms with Gasteiger partial charge in [-0.1, -0.05) is 54.6 Å². The van der Waals surface area contributed by atoms with E-state index in [9.17, 15) is 4.79 Å². The van der Waals surface area contributed by atoms with Crippen LogP contribution in [-0.4, -0.2) is 19.7 Å². The number of furan rings is 1. The molecule has 0 aliphatic rings. The topological polar surface area (TPSA) is 48.7 Å². The van der Waals surface area contributed by atoms with E-state index >= 15 is 0 Å². The summed E-state index contributed by atoms with van der Waals surface area (Å²) in [6.45, 7) is 0.106. The Labute approximate surface area is 179 Å².